The predicted molar refractivity (Wildman–Crippen MR) is 73.8 cm³/mol. The third-order valence-corrected chi connectivity index (χ3v) is 2.44. The Bertz CT molecular complexity index is 749. The number of H-pyrrole nitrogens is 2. The zero-order valence-corrected chi connectivity index (χ0v) is 10.9. The lowest BCUT2D eigenvalue weighted by molar-refractivity contribution is -0.121. The van der Waals surface area contributed by atoms with Crippen molar-refractivity contribution in [2.75, 3.05) is 0 Å². The normalized spacial score (nSPS) is 10.7. The van der Waals surface area contributed by atoms with Gasteiger partial charge < -0.3 is 0 Å². The summed E-state index contributed by atoms with van der Waals surface area (Å²) in [6.45, 7) is 0. The van der Waals surface area contributed by atoms with Gasteiger partial charge in [0.1, 0.15) is 5.69 Å². The first-order valence-corrected chi connectivity index (χ1v) is 6.06. The first kappa shape index (κ1) is 14.3. The summed E-state index contributed by atoms with van der Waals surface area (Å²) >= 11 is 0. The molecule has 2 rings (SSSR count). The van der Waals surface area contributed by atoms with Crippen LogP contribution in [0.4, 0.5) is 0 Å². The Morgan fingerprint density at radius 2 is 2.24 bits per heavy atom. The van der Waals surface area contributed by atoms with Gasteiger partial charge in [-0.2, -0.15) is 10.2 Å². The molecular formula is C12H12N6O3. The van der Waals surface area contributed by atoms with E-state index in [1.165, 1.54) is 6.21 Å². The van der Waals surface area contributed by atoms with Crippen molar-refractivity contribution in [2.45, 2.75) is 12.8 Å². The van der Waals surface area contributed by atoms with Crippen molar-refractivity contribution < 1.29 is 4.79 Å². The van der Waals surface area contributed by atoms with Crippen LogP contribution < -0.4 is 16.7 Å². The minimum absolute atomic E-state index is 0.0156. The van der Waals surface area contributed by atoms with E-state index >= 15 is 0 Å². The fourth-order valence-electron chi connectivity index (χ4n) is 1.45. The highest BCUT2D eigenvalue weighted by Gasteiger charge is 2.06. The van der Waals surface area contributed by atoms with Crippen molar-refractivity contribution in [1.82, 2.24) is 25.6 Å². The molecule has 2 aromatic heterocycles. The molecule has 0 bridgehead atoms. The first-order chi connectivity index (χ1) is 10.1. The monoisotopic (exact) mass is 288 g/mol. The summed E-state index contributed by atoms with van der Waals surface area (Å²) in [7, 11) is 0. The second-order valence-corrected chi connectivity index (χ2v) is 4.00. The Hall–Kier alpha value is -3.10. The third kappa shape index (κ3) is 4.49. The Morgan fingerprint density at radius 1 is 1.38 bits per heavy atom. The van der Waals surface area contributed by atoms with Crippen LogP contribution in [-0.2, 0) is 11.2 Å². The Morgan fingerprint density at radius 3 is 2.95 bits per heavy atom. The Kier molecular flexibility index (Phi) is 4.70. The maximum Gasteiger partial charge on any atom is 0.342 e. The number of hydrogen-bond donors (Lipinski definition) is 3. The zero-order chi connectivity index (χ0) is 15.1. The summed E-state index contributed by atoms with van der Waals surface area (Å²) in [5, 5.41) is 9.41. The number of pyridine rings is 1. The molecule has 0 fully saturated rings. The van der Waals surface area contributed by atoms with Crippen LogP contribution in [0.25, 0.3) is 0 Å². The number of aromatic nitrogens is 4. The maximum absolute atomic E-state index is 11.5. The van der Waals surface area contributed by atoms with Crippen LogP contribution in [-0.4, -0.2) is 32.3 Å². The molecule has 0 saturated carbocycles. The highest BCUT2D eigenvalue weighted by molar-refractivity contribution is 5.80. The van der Waals surface area contributed by atoms with Crippen LogP contribution in [0.2, 0.25) is 0 Å². The lowest BCUT2D eigenvalue weighted by atomic mass is 10.2. The number of hydrazone groups is 1. The fraction of sp³-hybridized carbons (Fsp3) is 0.167. The Balaban J connectivity index is 1.84. The molecule has 0 saturated heterocycles. The molecule has 0 aromatic carbocycles. The van der Waals surface area contributed by atoms with E-state index in [4.69, 9.17) is 0 Å². The van der Waals surface area contributed by atoms with Crippen LogP contribution in [0.1, 0.15) is 17.8 Å². The summed E-state index contributed by atoms with van der Waals surface area (Å²) in [6.07, 6.45) is 3.12. The highest BCUT2D eigenvalue weighted by atomic mass is 16.2. The van der Waals surface area contributed by atoms with E-state index < -0.39 is 11.2 Å². The molecule has 0 aliphatic rings. The Labute approximate surface area is 118 Å². The molecule has 0 aliphatic heterocycles. The molecule has 9 nitrogen and oxygen atoms in total. The fourth-order valence-corrected chi connectivity index (χ4v) is 1.45. The van der Waals surface area contributed by atoms with Gasteiger partial charge in [0.25, 0.3) is 5.56 Å². The summed E-state index contributed by atoms with van der Waals surface area (Å²) in [4.78, 5) is 39.7. The average Bonchev–Trinajstić information content (AvgIpc) is 2.47. The topological polar surface area (TPSA) is 133 Å². The zero-order valence-electron chi connectivity index (χ0n) is 10.9. The van der Waals surface area contributed by atoms with Gasteiger partial charge in [-0.05, 0) is 12.1 Å². The molecule has 0 aliphatic carbocycles. The van der Waals surface area contributed by atoms with Gasteiger partial charge in [-0.1, -0.05) is 6.07 Å². The smallest absolute Gasteiger partial charge is 0.273 e. The van der Waals surface area contributed by atoms with Crippen molar-refractivity contribution in [1.29, 1.82) is 0 Å². The molecule has 108 valence electrons. The molecule has 3 N–H and O–H groups in total. The van der Waals surface area contributed by atoms with E-state index in [0.717, 1.165) is 0 Å². The van der Waals surface area contributed by atoms with Gasteiger partial charge in [0.15, 0.2) is 0 Å². The van der Waals surface area contributed by atoms with Gasteiger partial charge in [0.05, 0.1) is 11.9 Å². The quantitative estimate of drug-likeness (QED) is 0.476. The molecule has 0 radical (unpaired) electrons. The predicted octanol–water partition coefficient (Wildman–Crippen LogP) is -1.06. The van der Waals surface area contributed by atoms with E-state index in [2.05, 4.69) is 25.7 Å². The summed E-state index contributed by atoms with van der Waals surface area (Å²) in [6, 6.07) is 5.30. The minimum atomic E-state index is -0.687. The number of amides is 1. The molecule has 0 atom stereocenters. The standard InChI is InChI=1S/C12H12N6O3/c19-10(17-14-7-8-3-1-2-6-13-8)5-4-9-11(20)15-12(21)18-16-9/h1-3,6-7H,4-5H2,(H,17,19)(H2,15,18,20,21)/b14-7-. The maximum atomic E-state index is 11.5. The number of aromatic amines is 2. The second-order valence-electron chi connectivity index (χ2n) is 4.00. The number of nitrogens with one attached hydrogen (secondary N) is 3. The van der Waals surface area contributed by atoms with Gasteiger partial charge in [0, 0.05) is 19.0 Å². The average molecular weight is 288 g/mol. The SMILES string of the molecule is O=C(CCc1n[nH]c(=O)[nH]c1=O)N/N=C\c1ccccn1. The van der Waals surface area contributed by atoms with Gasteiger partial charge in [0.2, 0.25) is 5.91 Å². The summed E-state index contributed by atoms with van der Waals surface area (Å²) < 4.78 is 0. The number of aryl methyl sites for hydroxylation is 1. The number of hydrogen-bond acceptors (Lipinski definition) is 6. The van der Waals surface area contributed by atoms with Gasteiger partial charge in [-0.15, -0.1) is 0 Å². The van der Waals surface area contributed by atoms with Crippen molar-refractivity contribution in [3.05, 3.63) is 56.6 Å². The van der Waals surface area contributed by atoms with Crippen molar-refractivity contribution in [2.24, 2.45) is 5.10 Å². The van der Waals surface area contributed by atoms with E-state index in [9.17, 15) is 14.4 Å². The molecule has 0 spiro atoms. The summed E-state index contributed by atoms with van der Waals surface area (Å²) in [5.74, 6) is -0.380. The number of nitrogens with zero attached hydrogens (tertiary/aromatic N) is 3. The molecule has 9 heteroatoms. The van der Waals surface area contributed by atoms with E-state index in [1.54, 1.807) is 24.4 Å². The molecule has 2 heterocycles. The van der Waals surface area contributed by atoms with Crippen molar-refractivity contribution >= 4 is 12.1 Å². The van der Waals surface area contributed by atoms with E-state index in [-0.39, 0.29) is 24.4 Å². The second kappa shape index (κ2) is 6.89. The number of carbonyl (C=O) groups excluding carboxylic acids is 1. The number of carbonyl (C=O) groups is 1. The third-order valence-electron chi connectivity index (χ3n) is 2.44. The van der Waals surface area contributed by atoms with Crippen LogP contribution in [0, 0.1) is 0 Å². The lowest BCUT2D eigenvalue weighted by Gasteiger charge is -1.98. The molecule has 2 aromatic rings. The van der Waals surface area contributed by atoms with Crippen LogP contribution in [0.5, 0.6) is 0 Å². The largest absolute Gasteiger partial charge is 0.342 e. The van der Waals surface area contributed by atoms with Crippen LogP contribution >= 0.6 is 0 Å². The van der Waals surface area contributed by atoms with Crippen LogP contribution in [0.3, 0.4) is 0 Å². The highest BCUT2D eigenvalue weighted by Crippen LogP contribution is 1.91. The van der Waals surface area contributed by atoms with Gasteiger partial charge in [-0.25, -0.2) is 15.3 Å². The lowest BCUT2D eigenvalue weighted by Crippen LogP contribution is -2.28. The number of rotatable bonds is 5. The first-order valence-electron chi connectivity index (χ1n) is 6.06. The van der Waals surface area contributed by atoms with E-state index in [1.807, 2.05) is 4.98 Å². The van der Waals surface area contributed by atoms with Crippen molar-refractivity contribution in [3.8, 4) is 0 Å². The van der Waals surface area contributed by atoms with Gasteiger partial charge >= 0.3 is 5.69 Å². The van der Waals surface area contributed by atoms with E-state index in [0.29, 0.717) is 5.69 Å². The molecular weight excluding hydrogens is 276 g/mol. The molecule has 0 unspecified atom stereocenters. The van der Waals surface area contributed by atoms with Crippen LogP contribution in [0.15, 0.2) is 39.1 Å². The summed E-state index contributed by atoms with van der Waals surface area (Å²) in [5.41, 5.74) is 1.71. The van der Waals surface area contributed by atoms with Gasteiger partial charge in [-0.3, -0.25) is 19.6 Å². The molecule has 21 heavy (non-hydrogen) atoms. The molecule has 1 amide bonds. The van der Waals surface area contributed by atoms with Crippen molar-refractivity contribution in [3.63, 3.8) is 0 Å². The minimum Gasteiger partial charge on any atom is -0.273 e.